The Labute approximate surface area is 142 Å². The molecular formula is C16H23N2O5P. The van der Waals surface area contributed by atoms with Gasteiger partial charge in [0.15, 0.2) is 0 Å². The Hall–Kier alpha value is -1.82. The highest BCUT2D eigenvalue weighted by molar-refractivity contribution is 7.62. The molecule has 0 atom stereocenters. The second kappa shape index (κ2) is 7.83. The van der Waals surface area contributed by atoms with E-state index in [9.17, 15) is 4.57 Å². The Balaban J connectivity index is 2.51. The first-order valence-corrected chi connectivity index (χ1v) is 9.21. The summed E-state index contributed by atoms with van der Waals surface area (Å²) in [4.78, 5) is 6.10. The standard InChI is InChI=1S/C16H23N2O5P/c1-6-21-24(19,22-7-2)15-16(18(3)4)23-14(17-15)12-8-10-13(20-5)11-9-12/h8-11H,6-7H2,1-5H3. The molecule has 0 saturated carbocycles. The summed E-state index contributed by atoms with van der Waals surface area (Å²) in [7, 11) is 1.61. The van der Waals surface area contributed by atoms with E-state index in [4.69, 9.17) is 18.2 Å². The fraction of sp³-hybridized carbons (Fsp3) is 0.438. The highest BCUT2D eigenvalue weighted by Gasteiger charge is 2.36. The third-order valence-electron chi connectivity index (χ3n) is 3.19. The SMILES string of the molecule is CCOP(=O)(OCC)c1nc(-c2ccc(OC)cc2)oc1N(C)C. The molecule has 2 aromatic rings. The number of nitrogens with zero attached hydrogens (tertiary/aromatic N) is 2. The van der Waals surface area contributed by atoms with Gasteiger partial charge in [0.25, 0.3) is 0 Å². The molecule has 0 fully saturated rings. The largest absolute Gasteiger partial charge is 0.497 e. The minimum absolute atomic E-state index is 0.182. The first kappa shape index (κ1) is 18.5. The number of anilines is 1. The molecule has 0 aliphatic heterocycles. The van der Waals surface area contributed by atoms with E-state index in [0.717, 1.165) is 11.3 Å². The second-order valence-electron chi connectivity index (χ2n) is 5.10. The first-order chi connectivity index (χ1) is 11.4. The molecule has 0 aliphatic carbocycles. The molecule has 0 saturated heterocycles. The Morgan fingerprint density at radius 2 is 1.71 bits per heavy atom. The number of methoxy groups -OCH3 is 1. The molecule has 1 aromatic heterocycles. The number of rotatable bonds is 8. The summed E-state index contributed by atoms with van der Waals surface area (Å²) in [6.45, 7) is 4.00. The van der Waals surface area contributed by atoms with Crippen molar-refractivity contribution in [3.63, 3.8) is 0 Å². The van der Waals surface area contributed by atoms with Gasteiger partial charge in [0.05, 0.1) is 20.3 Å². The minimum Gasteiger partial charge on any atom is -0.497 e. The molecule has 0 bridgehead atoms. The zero-order chi connectivity index (χ0) is 17.7. The van der Waals surface area contributed by atoms with Gasteiger partial charge in [-0.05, 0) is 38.1 Å². The van der Waals surface area contributed by atoms with E-state index in [-0.39, 0.29) is 18.6 Å². The van der Waals surface area contributed by atoms with Crippen LogP contribution in [0.25, 0.3) is 11.5 Å². The van der Waals surface area contributed by atoms with E-state index in [2.05, 4.69) is 4.98 Å². The lowest BCUT2D eigenvalue weighted by molar-refractivity contribution is 0.229. The Morgan fingerprint density at radius 1 is 1.12 bits per heavy atom. The van der Waals surface area contributed by atoms with Crippen molar-refractivity contribution in [1.82, 2.24) is 4.98 Å². The maximum absolute atomic E-state index is 13.1. The van der Waals surface area contributed by atoms with E-state index in [1.165, 1.54) is 0 Å². The monoisotopic (exact) mass is 354 g/mol. The minimum atomic E-state index is -3.55. The van der Waals surface area contributed by atoms with Crippen molar-refractivity contribution in [3.8, 4) is 17.2 Å². The summed E-state index contributed by atoms with van der Waals surface area (Å²) in [6.07, 6.45) is 0. The lowest BCUT2D eigenvalue weighted by Crippen LogP contribution is -2.20. The Morgan fingerprint density at radius 3 is 2.17 bits per heavy atom. The van der Waals surface area contributed by atoms with Gasteiger partial charge in [0.1, 0.15) is 5.75 Å². The predicted molar refractivity (Wildman–Crippen MR) is 93.3 cm³/mol. The molecule has 2 rings (SSSR count). The van der Waals surface area contributed by atoms with Crippen molar-refractivity contribution in [2.75, 3.05) is 39.3 Å². The molecule has 132 valence electrons. The molecule has 0 N–H and O–H groups in total. The highest BCUT2D eigenvalue weighted by Crippen LogP contribution is 2.49. The van der Waals surface area contributed by atoms with Crippen LogP contribution < -0.4 is 15.1 Å². The maximum Gasteiger partial charge on any atom is 0.385 e. The van der Waals surface area contributed by atoms with Gasteiger partial charge in [-0.25, -0.2) is 0 Å². The van der Waals surface area contributed by atoms with Crippen LogP contribution in [0, 0.1) is 0 Å². The molecule has 7 nitrogen and oxygen atoms in total. The average Bonchev–Trinajstić information content (AvgIpc) is 3.02. The molecule has 1 heterocycles. The van der Waals surface area contributed by atoms with Gasteiger partial charge in [0.2, 0.25) is 17.2 Å². The van der Waals surface area contributed by atoms with Crippen LogP contribution in [0.3, 0.4) is 0 Å². The summed E-state index contributed by atoms with van der Waals surface area (Å²) in [5.41, 5.74) is 0.923. The van der Waals surface area contributed by atoms with Crippen molar-refractivity contribution in [3.05, 3.63) is 24.3 Å². The van der Waals surface area contributed by atoms with Crippen LogP contribution in [0.2, 0.25) is 0 Å². The molecule has 0 spiro atoms. The number of ether oxygens (including phenoxy) is 1. The van der Waals surface area contributed by atoms with Crippen LogP contribution in [0.15, 0.2) is 28.7 Å². The summed E-state index contributed by atoms with van der Waals surface area (Å²) < 4.78 is 34.8. The van der Waals surface area contributed by atoms with Gasteiger partial charge >= 0.3 is 7.60 Å². The predicted octanol–water partition coefficient (Wildman–Crippen LogP) is 3.31. The van der Waals surface area contributed by atoms with E-state index in [1.54, 1.807) is 52.1 Å². The van der Waals surface area contributed by atoms with Crippen LogP contribution in [0.5, 0.6) is 5.75 Å². The van der Waals surface area contributed by atoms with Crippen LogP contribution in [-0.4, -0.2) is 39.4 Å². The Kier molecular flexibility index (Phi) is 6.04. The number of hydrogen-bond acceptors (Lipinski definition) is 7. The molecule has 0 radical (unpaired) electrons. The number of hydrogen-bond donors (Lipinski definition) is 0. The quantitative estimate of drug-likeness (QED) is 0.673. The number of aromatic nitrogens is 1. The van der Waals surface area contributed by atoms with Gasteiger partial charge < -0.3 is 23.1 Å². The zero-order valence-corrected chi connectivity index (χ0v) is 15.5. The van der Waals surface area contributed by atoms with E-state index < -0.39 is 7.60 Å². The third-order valence-corrected chi connectivity index (χ3v) is 5.20. The molecule has 0 amide bonds. The van der Waals surface area contributed by atoms with Crippen molar-refractivity contribution >= 4 is 18.9 Å². The Bertz CT molecular complexity index is 702. The third kappa shape index (κ3) is 3.80. The van der Waals surface area contributed by atoms with Crippen LogP contribution >= 0.6 is 7.60 Å². The van der Waals surface area contributed by atoms with Gasteiger partial charge in [-0.15, -0.1) is 0 Å². The smallest absolute Gasteiger partial charge is 0.385 e. The summed E-state index contributed by atoms with van der Waals surface area (Å²) in [6, 6.07) is 7.25. The van der Waals surface area contributed by atoms with Crippen molar-refractivity contribution in [2.45, 2.75) is 13.8 Å². The molecule has 1 aromatic carbocycles. The lowest BCUT2D eigenvalue weighted by atomic mass is 10.2. The molecule has 8 heteroatoms. The van der Waals surface area contributed by atoms with E-state index >= 15 is 0 Å². The first-order valence-electron chi connectivity index (χ1n) is 7.67. The topological polar surface area (TPSA) is 74.0 Å². The molecule has 0 unspecified atom stereocenters. The normalized spacial score (nSPS) is 11.5. The van der Waals surface area contributed by atoms with Gasteiger partial charge in [-0.1, -0.05) is 0 Å². The zero-order valence-electron chi connectivity index (χ0n) is 14.6. The van der Waals surface area contributed by atoms with Crippen LogP contribution in [0.4, 0.5) is 5.88 Å². The summed E-state index contributed by atoms with van der Waals surface area (Å²) >= 11 is 0. The van der Waals surface area contributed by atoms with Gasteiger partial charge in [-0.3, -0.25) is 4.57 Å². The van der Waals surface area contributed by atoms with Crippen LogP contribution in [0.1, 0.15) is 13.8 Å². The molecule has 0 aliphatic rings. The molecular weight excluding hydrogens is 331 g/mol. The van der Waals surface area contributed by atoms with Gasteiger partial charge in [-0.2, -0.15) is 4.98 Å². The van der Waals surface area contributed by atoms with Crippen molar-refractivity contribution in [2.24, 2.45) is 0 Å². The second-order valence-corrected chi connectivity index (χ2v) is 7.04. The van der Waals surface area contributed by atoms with Crippen molar-refractivity contribution < 1.29 is 22.8 Å². The highest BCUT2D eigenvalue weighted by atomic mass is 31.2. The lowest BCUT2D eigenvalue weighted by Gasteiger charge is -2.17. The number of benzene rings is 1. The van der Waals surface area contributed by atoms with Crippen LogP contribution in [-0.2, 0) is 13.6 Å². The van der Waals surface area contributed by atoms with E-state index in [0.29, 0.717) is 11.8 Å². The van der Waals surface area contributed by atoms with E-state index in [1.807, 2.05) is 12.1 Å². The fourth-order valence-corrected chi connectivity index (χ4v) is 3.82. The summed E-state index contributed by atoms with van der Waals surface area (Å²) in [5, 5.41) is 0. The average molecular weight is 354 g/mol. The van der Waals surface area contributed by atoms with Gasteiger partial charge in [0, 0.05) is 19.7 Å². The fourth-order valence-electron chi connectivity index (χ4n) is 2.13. The maximum atomic E-state index is 13.1. The number of oxazole rings is 1. The van der Waals surface area contributed by atoms with Crippen molar-refractivity contribution in [1.29, 1.82) is 0 Å². The molecule has 24 heavy (non-hydrogen) atoms. The summed E-state index contributed by atoms with van der Waals surface area (Å²) in [5.74, 6) is 1.43.